The Morgan fingerprint density at radius 1 is 1.09 bits per heavy atom. The zero-order valence-electron chi connectivity index (χ0n) is 14.3. The molecule has 0 radical (unpaired) electrons. The number of rotatable bonds is 5. The largest absolute Gasteiger partial charge is 0.491 e. The van der Waals surface area contributed by atoms with E-state index in [1.807, 2.05) is 57.2 Å². The summed E-state index contributed by atoms with van der Waals surface area (Å²) < 4.78 is 5.86. The van der Waals surface area contributed by atoms with Crippen LogP contribution in [0.2, 0.25) is 0 Å². The van der Waals surface area contributed by atoms with Crippen LogP contribution in [0.1, 0.15) is 30.5 Å². The van der Waals surface area contributed by atoms with Crippen LogP contribution in [0, 0.1) is 13.8 Å². The Morgan fingerprint density at radius 2 is 1.74 bits per heavy atom. The number of benzene rings is 2. The first-order chi connectivity index (χ1) is 10.9. The van der Waals surface area contributed by atoms with Gasteiger partial charge in [-0.15, -0.1) is 0 Å². The number of nitrogens with zero attached hydrogens (tertiary/aromatic N) is 1. The molecule has 2 rings (SSSR count). The Morgan fingerprint density at radius 3 is 2.39 bits per heavy atom. The van der Waals surface area contributed by atoms with Crippen molar-refractivity contribution in [3.05, 3.63) is 59.2 Å². The molecule has 0 aliphatic carbocycles. The first-order valence-electron chi connectivity index (χ1n) is 7.84. The van der Waals surface area contributed by atoms with E-state index in [4.69, 9.17) is 10.5 Å². The lowest BCUT2D eigenvalue weighted by Gasteiger charge is -2.14. The maximum atomic E-state index is 5.97. The summed E-state index contributed by atoms with van der Waals surface area (Å²) in [6, 6.07) is 14.2. The van der Waals surface area contributed by atoms with E-state index >= 15 is 0 Å². The third-order valence-corrected chi connectivity index (χ3v) is 3.33. The Bertz CT molecular complexity index is 676. The van der Waals surface area contributed by atoms with Crippen molar-refractivity contribution in [1.82, 2.24) is 0 Å². The van der Waals surface area contributed by atoms with E-state index in [0.717, 1.165) is 17.0 Å². The number of ether oxygens (including phenoxy) is 1. The van der Waals surface area contributed by atoms with Crippen LogP contribution in [0.3, 0.4) is 0 Å². The average Bonchev–Trinajstić information content (AvgIpc) is 2.48. The molecule has 0 saturated heterocycles. The third-order valence-electron chi connectivity index (χ3n) is 3.33. The predicted molar refractivity (Wildman–Crippen MR) is 97.1 cm³/mol. The Hall–Kier alpha value is -2.49. The first-order valence-corrected chi connectivity index (χ1v) is 7.84. The van der Waals surface area contributed by atoms with Crippen molar-refractivity contribution in [2.75, 3.05) is 5.32 Å². The van der Waals surface area contributed by atoms with Gasteiger partial charge in [0.1, 0.15) is 5.75 Å². The van der Waals surface area contributed by atoms with Gasteiger partial charge < -0.3 is 15.8 Å². The number of anilines is 1. The minimum Gasteiger partial charge on any atom is -0.491 e. The van der Waals surface area contributed by atoms with Gasteiger partial charge in [0.25, 0.3) is 0 Å². The van der Waals surface area contributed by atoms with Gasteiger partial charge in [0.2, 0.25) is 0 Å². The van der Waals surface area contributed by atoms with Gasteiger partial charge in [0, 0.05) is 11.3 Å². The van der Waals surface area contributed by atoms with Crippen LogP contribution in [0.15, 0.2) is 47.5 Å². The van der Waals surface area contributed by atoms with Gasteiger partial charge in [-0.2, -0.15) is 0 Å². The Kier molecular flexibility index (Phi) is 5.63. The summed E-state index contributed by atoms with van der Waals surface area (Å²) in [5.41, 5.74) is 10.3. The molecule has 0 spiro atoms. The van der Waals surface area contributed by atoms with Crippen molar-refractivity contribution < 1.29 is 4.74 Å². The molecule has 0 amide bonds. The van der Waals surface area contributed by atoms with Crippen molar-refractivity contribution in [3.63, 3.8) is 0 Å². The van der Waals surface area contributed by atoms with E-state index in [2.05, 4.69) is 23.3 Å². The molecule has 3 N–H and O–H groups in total. The summed E-state index contributed by atoms with van der Waals surface area (Å²) in [5.74, 6) is 1.26. The molecule has 2 aromatic carbocycles. The van der Waals surface area contributed by atoms with Crippen LogP contribution >= 0.6 is 0 Å². The number of hydrogen-bond acceptors (Lipinski definition) is 2. The number of aryl methyl sites for hydroxylation is 2. The molecule has 23 heavy (non-hydrogen) atoms. The number of nitrogens with two attached hydrogens (primary N) is 1. The van der Waals surface area contributed by atoms with E-state index in [-0.39, 0.29) is 6.10 Å². The molecule has 0 aromatic heterocycles. The number of nitrogens with one attached hydrogen (secondary N) is 1. The monoisotopic (exact) mass is 311 g/mol. The van der Waals surface area contributed by atoms with E-state index in [1.165, 1.54) is 11.1 Å². The molecule has 0 saturated carbocycles. The van der Waals surface area contributed by atoms with Gasteiger partial charge in [-0.25, -0.2) is 4.99 Å². The van der Waals surface area contributed by atoms with Crippen LogP contribution in [0.5, 0.6) is 5.75 Å². The standard InChI is InChI=1S/C19H25N3O/c1-13(2)23-18-11-15(4)5-8-16(18)12-21-19(20)22-17-9-6-14(3)7-10-17/h5-11,13H,12H2,1-4H3,(H3,20,21,22). The van der Waals surface area contributed by atoms with Crippen molar-refractivity contribution >= 4 is 11.6 Å². The van der Waals surface area contributed by atoms with Crippen LogP contribution in [0.4, 0.5) is 5.69 Å². The van der Waals surface area contributed by atoms with Crippen molar-refractivity contribution in [2.24, 2.45) is 10.7 Å². The Labute approximate surface area is 138 Å². The second kappa shape index (κ2) is 7.68. The molecule has 4 heteroatoms. The quantitative estimate of drug-likeness (QED) is 0.647. The Balaban J connectivity index is 2.07. The second-order valence-corrected chi connectivity index (χ2v) is 5.97. The summed E-state index contributed by atoms with van der Waals surface area (Å²) in [7, 11) is 0. The minimum atomic E-state index is 0.127. The molecule has 0 unspecified atom stereocenters. The summed E-state index contributed by atoms with van der Waals surface area (Å²) >= 11 is 0. The zero-order valence-corrected chi connectivity index (χ0v) is 14.3. The fraction of sp³-hybridized carbons (Fsp3) is 0.316. The van der Waals surface area contributed by atoms with Gasteiger partial charge in [-0.3, -0.25) is 0 Å². The fourth-order valence-electron chi connectivity index (χ4n) is 2.15. The molecular weight excluding hydrogens is 286 g/mol. The van der Waals surface area contributed by atoms with E-state index in [0.29, 0.717) is 12.5 Å². The fourth-order valence-corrected chi connectivity index (χ4v) is 2.15. The molecule has 2 aromatic rings. The van der Waals surface area contributed by atoms with E-state index < -0.39 is 0 Å². The third kappa shape index (κ3) is 5.33. The van der Waals surface area contributed by atoms with Crippen molar-refractivity contribution in [2.45, 2.75) is 40.3 Å². The number of hydrogen-bond donors (Lipinski definition) is 2. The number of guanidine groups is 1. The zero-order chi connectivity index (χ0) is 16.8. The maximum absolute atomic E-state index is 5.97. The average molecular weight is 311 g/mol. The summed E-state index contributed by atoms with van der Waals surface area (Å²) in [6.07, 6.45) is 0.127. The van der Waals surface area contributed by atoms with Crippen LogP contribution in [0.25, 0.3) is 0 Å². The molecule has 0 aliphatic heterocycles. The highest BCUT2D eigenvalue weighted by atomic mass is 16.5. The van der Waals surface area contributed by atoms with Crippen LogP contribution in [-0.4, -0.2) is 12.1 Å². The van der Waals surface area contributed by atoms with Gasteiger partial charge in [-0.1, -0.05) is 29.8 Å². The highest BCUT2D eigenvalue weighted by Crippen LogP contribution is 2.22. The smallest absolute Gasteiger partial charge is 0.193 e. The lowest BCUT2D eigenvalue weighted by atomic mass is 10.1. The van der Waals surface area contributed by atoms with Crippen molar-refractivity contribution in [3.8, 4) is 5.75 Å². The molecule has 0 heterocycles. The lowest BCUT2D eigenvalue weighted by molar-refractivity contribution is 0.240. The van der Waals surface area contributed by atoms with Crippen LogP contribution < -0.4 is 15.8 Å². The topological polar surface area (TPSA) is 59.6 Å². The number of aliphatic imine (C=N–C) groups is 1. The summed E-state index contributed by atoms with van der Waals surface area (Å²) in [6.45, 7) is 8.61. The highest BCUT2D eigenvalue weighted by molar-refractivity contribution is 5.92. The first kappa shape index (κ1) is 16.9. The second-order valence-electron chi connectivity index (χ2n) is 5.97. The SMILES string of the molecule is Cc1ccc(NC(N)=NCc2ccc(C)cc2OC(C)C)cc1. The molecular formula is C19H25N3O. The van der Waals surface area contributed by atoms with Gasteiger partial charge in [0.15, 0.2) is 5.96 Å². The highest BCUT2D eigenvalue weighted by Gasteiger charge is 2.06. The molecule has 0 fully saturated rings. The van der Waals surface area contributed by atoms with Gasteiger partial charge in [-0.05, 0) is 51.5 Å². The normalized spacial score (nSPS) is 11.6. The van der Waals surface area contributed by atoms with Gasteiger partial charge >= 0.3 is 0 Å². The molecule has 4 nitrogen and oxygen atoms in total. The summed E-state index contributed by atoms with van der Waals surface area (Å²) in [5, 5.41) is 3.10. The van der Waals surface area contributed by atoms with E-state index in [1.54, 1.807) is 0 Å². The van der Waals surface area contributed by atoms with E-state index in [9.17, 15) is 0 Å². The maximum Gasteiger partial charge on any atom is 0.193 e. The molecule has 0 bridgehead atoms. The van der Waals surface area contributed by atoms with Gasteiger partial charge in [0.05, 0.1) is 12.6 Å². The minimum absolute atomic E-state index is 0.127. The van der Waals surface area contributed by atoms with Crippen molar-refractivity contribution in [1.29, 1.82) is 0 Å². The molecule has 122 valence electrons. The van der Waals surface area contributed by atoms with Crippen LogP contribution in [-0.2, 0) is 6.54 Å². The predicted octanol–water partition coefficient (Wildman–Crippen LogP) is 4.02. The molecule has 0 atom stereocenters. The molecule has 0 aliphatic rings. The lowest BCUT2D eigenvalue weighted by Crippen LogP contribution is -2.22. The summed E-state index contributed by atoms with van der Waals surface area (Å²) in [4.78, 5) is 4.41.